The fourth-order valence-electron chi connectivity index (χ4n) is 2.48. The van der Waals surface area contributed by atoms with Crippen molar-refractivity contribution in [1.82, 2.24) is 5.32 Å². The van der Waals surface area contributed by atoms with Crippen molar-refractivity contribution >= 4 is 17.8 Å². The molecule has 28 heavy (non-hydrogen) atoms. The molecule has 0 aliphatic carbocycles. The van der Waals surface area contributed by atoms with Gasteiger partial charge in [0.25, 0.3) is 0 Å². The molecule has 0 aliphatic rings. The second-order valence-corrected chi connectivity index (χ2v) is 6.68. The normalized spacial score (nSPS) is 12.8. The lowest BCUT2D eigenvalue weighted by Crippen LogP contribution is -2.42. The molecule has 0 fully saturated rings. The van der Waals surface area contributed by atoms with E-state index in [9.17, 15) is 14.4 Å². The quantitative estimate of drug-likeness (QED) is 0.247. The van der Waals surface area contributed by atoms with Crippen molar-refractivity contribution in [2.45, 2.75) is 83.6 Å². The standard InChI is InChI=1S/C22H35NO5/c1-2-3-4-5-6-7-8-9-10-11-12-13-14-15-16-17-20(24)23-19(22(27)28)18-21(25)26/h6-7,9-10,12-13,19H,2-5,8,11,14-18H2,1H3,(H,23,24)(H,25,26)(H,27,28)/b7-6-,10-9-,13-12-. The van der Waals surface area contributed by atoms with Crippen molar-refractivity contribution in [3.63, 3.8) is 0 Å². The Labute approximate surface area is 168 Å². The zero-order valence-corrected chi connectivity index (χ0v) is 16.9. The van der Waals surface area contributed by atoms with Crippen LogP contribution in [0.4, 0.5) is 0 Å². The molecule has 6 heteroatoms. The van der Waals surface area contributed by atoms with Gasteiger partial charge in [0.2, 0.25) is 5.91 Å². The Morgan fingerprint density at radius 1 is 0.821 bits per heavy atom. The second kappa shape index (κ2) is 18.0. The van der Waals surface area contributed by atoms with Gasteiger partial charge in [-0.1, -0.05) is 56.2 Å². The van der Waals surface area contributed by atoms with E-state index in [1.165, 1.54) is 19.3 Å². The van der Waals surface area contributed by atoms with E-state index < -0.39 is 30.3 Å². The maximum Gasteiger partial charge on any atom is 0.326 e. The van der Waals surface area contributed by atoms with Gasteiger partial charge in [-0.05, 0) is 44.9 Å². The van der Waals surface area contributed by atoms with Crippen LogP contribution in [0.25, 0.3) is 0 Å². The number of hydrogen-bond donors (Lipinski definition) is 3. The van der Waals surface area contributed by atoms with Crippen LogP contribution in [0.1, 0.15) is 77.6 Å². The van der Waals surface area contributed by atoms with Crippen LogP contribution < -0.4 is 5.32 Å². The summed E-state index contributed by atoms with van der Waals surface area (Å²) in [6, 6.07) is -1.37. The maximum absolute atomic E-state index is 11.7. The predicted octanol–water partition coefficient (Wildman–Crippen LogP) is 4.62. The molecule has 0 aromatic rings. The van der Waals surface area contributed by atoms with E-state index in [1.807, 2.05) is 0 Å². The Balaban J connectivity index is 3.71. The third-order valence-corrected chi connectivity index (χ3v) is 4.06. The van der Waals surface area contributed by atoms with Gasteiger partial charge in [0.15, 0.2) is 0 Å². The average molecular weight is 394 g/mol. The third-order valence-electron chi connectivity index (χ3n) is 4.06. The zero-order chi connectivity index (χ0) is 21.0. The lowest BCUT2D eigenvalue weighted by atomic mass is 10.1. The van der Waals surface area contributed by atoms with Crippen LogP contribution in [0, 0.1) is 0 Å². The molecule has 0 bridgehead atoms. The number of carboxylic acid groups (broad SMARTS) is 2. The first-order valence-corrected chi connectivity index (χ1v) is 10.2. The number of carbonyl (C=O) groups excluding carboxylic acids is 1. The first-order valence-electron chi connectivity index (χ1n) is 10.2. The highest BCUT2D eigenvalue weighted by atomic mass is 16.4. The SMILES string of the molecule is CCCCC/C=C\C/C=C\C/C=C\CCCCC(=O)NC(CC(=O)O)C(=O)O. The van der Waals surface area contributed by atoms with Crippen molar-refractivity contribution in [2.24, 2.45) is 0 Å². The number of allylic oxidation sites excluding steroid dienone is 6. The fourth-order valence-corrected chi connectivity index (χ4v) is 2.48. The summed E-state index contributed by atoms with van der Waals surface area (Å²) in [5.41, 5.74) is 0. The summed E-state index contributed by atoms with van der Waals surface area (Å²) in [7, 11) is 0. The van der Waals surface area contributed by atoms with Gasteiger partial charge in [-0.15, -0.1) is 0 Å². The van der Waals surface area contributed by atoms with E-state index in [0.717, 1.165) is 32.1 Å². The van der Waals surface area contributed by atoms with Gasteiger partial charge in [0.1, 0.15) is 6.04 Å². The lowest BCUT2D eigenvalue weighted by molar-refractivity contribution is -0.147. The Morgan fingerprint density at radius 2 is 1.36 bits per heavy atom. The summed E-state index contributed by atoms with van der Waals surface area (Å²) >= 11 is 0. The molecule has 0 rings (SSSR count). The minimum absolute atomic E-state index is 0.196. The Kier molecular flexibility index (Phi) is 16.5. The average Bonchev–Trinajstić information content (AvgIpc) is 2.64. The molecule has 0 saturated heterocycles. The molecule has 0 heterocycles. The molecule has 1 atom stereocenters. The van der Waals surface area contributed by atoms with Crippen LogP contribution in [0.3, 0.4) is 0 Å². The molecule has 0 aromatic heterocycles. The van der Waals surface area contributed by atoms with Gasteiger partial charge in [-0.2, -0.15) is 0 Å². The summed E-state index contributed by atoms with van der Waals surface area (Å²) in [5.74, 6) is -3.02. The number of nitrogens with one attached hydrogen (secondary N) is 1. The highest BCUT2D eigenvalue weighted by Gasteiger charge is 2.22. The third kappa shape index (κ3) is 17.1. The van der Waals surface area contributed by atoms with Crippen LogP contribution >= 0.6 is 0 Å². The molecular weight excluding hydrogens is 358 g/mol. The van der Waals surface area contributed by atoms with Gasteiger partial charge in [0.05, 0.1) is 6.42 Å². The minimum Gasteiger partial charge on any atom is -0.481 e. The number of hydrogen-bond acceptors (Lipinski definition) is 3. The van der Waals surface area contributed by atoms with E-state index in [0.29, 0.717) is 6.42 Å². The molecule has 0 saturated carbocycles. The lowest BCUT2D eigenvalue weighted by Gasteiger charge is -2.12. The summed E-state index contributed by atoms with van der Waals surface area (Å²) in [5, 5.41) is 19.8. The molecule has 6 nitrogen and oxygen atoms in total. The van der Waals surface area contributed by atoms with E-state index in [2.05, 4.69) is 48.7 Å². The van der Waals surface area contributed by atoms with Crippen LogP contribution in [-0.2, 0) is 14.4 Å². The number of amides is 1. The van der Waals surface area contributed by atoms with E-state index >= 15 is 0 Å². The monoisotopic (exact) mass is 393 g/mol. The molecule has 0 radical (unpaired) electrons. The summed E-state index contributed by atoms with van der Waals surface area (Å²) in [4.78, 5) is 33.1. The highest BCUT2D eigenvalue weighted by molar-refractivity contribution is 5.86. The van der Waals surface area contributed by atoms with Crippen molar-refractivity contribution < 1.29 is 24.6 Å². The van der Waals surface area contributed by atoms with Crippen LogP contribution in [0.5, 0.6) is 0 Å². The topological polar surface area (TPSA) is 104 Å². The van der Waals surface area contributed by atoms with Gasteiger partial charge in [0, 0.05) is 6.42 Å². The smallest absolute Gasteiger partial charge is 0.326 e. The van der Waals surface area contributed by atoms with E-state index in [1.54, 1.807) is 0 Å². The molecular formula is C22H35NO5. The maximum atomic E-state index is 11.7. The Bertz CT molecular complexity index is 537. The molecule has 1 unspecified atom stereocenters. The van der Waals surface area contributed by atoms with E-state index in [-0.39, 0.29) is 6.42 Å². The molecule has 0 aliphatic heterocycles. The number of aliphatic carboxylic acids is 2. The summed E-state index contributed by atoms with van der Waals surface area (Å²) in [6.45, 7) is 2.21. The highest BCUT2D eigenvalue weighted by Crippen LogP contribution is 2.04. The minimum atomic E-state index is -1.37. The number of unbranched alkanes of at least 4 members (excludes halogenated alkanes) is 5. The number of carboxylic acids is 2. The zero-order valence-electron chi connectivity index (χ0n) is 16.9. The predicted molar refractivity (Wildman–Crippen MR) is 111 cm³/mol. The van der Waals surface area contributed by atoms with Gasteiger partial charge >= 0.3 is 11.9 Å². The van der Waals surface area contributed by atoms with Crippen LogP contribution in [0.15, 0.2) is 36.5 Å². The first kappa shape index (κ1) is 25.6. The van der Waals surface area contributed by atoms with Crippen molar-refractivity contribution in [3.8, 4) is 0 Å². The second-order valence-electron chi connectivity index (χ2n) is 6.68. The van der Waals surface area contributed by atoms with Crippen molar-refractivity contribution in [2.75, 3.05) is 0 Å². The molecule has 3 N–H and O–H groups in total. The van der Waals surface area contributed by atoms with Crippen molar-refractivity contribution in [1.29, 1.82) is 0 Å². The van der Waals surface area contributed by atoms with Crippen LogP contribution in [0.2, 0.25) is 0 Å². The Morgan fingerprint density at radius 3 is 1.86 bits per heavy atom. The van der Waals surface area contributed by atoms with Crippen molar-refractivity contribution in [3.05, 3.63) is 36.5 Å². The van der Waals surface area contributed by atoms with E-state index in [4.69, 9.17) is 10.2 Å². The number of carbonyl (C=O) groups is 3. The summed E-state index contributed by atoms with van der Waals surface area (Å²) < 4.78 is 0. The molecule has 0 spiro atoms. The summed E-state index contributed by atoms with van der Waals surface area (Å²) in [6.07, 6.45) is 21.6. The van der Waals surface area contributed by atoms with Crippen LogP contribution in [-0.4, -0.2) is 34.1 Å². The molecule has 158 valence electrons. The van der Waals surface area contributed by atoms with Gasteiger partial charge in [-0.25, -0.2) is 4.79 Å². The van der Waals surface area contributed by atoms with Gasteiger partial charge in [-0.3, -0.25) is 9.59 Å². The largest absolute Gasteiger partial charge is 0.481 e. The fraction of sp³-hybridized carbons (Fsp3) is 0.591. The molecule has 1 amide bonds. The number of rotatable bonds is 17. The van der Waals surface area contributed by atoms with Gasteiger partial charge < -0.3 is 15.5 Å². The molecule has 0 aromatic carbocycles. The Hall–Kier alpha value is -2.37. The first-order chi connectivity index (χ1) is 13.5.